The molecule has 0 aromatic carbocycles. The standard InChI is InChI=1S/C9H7BrN2O2S/c1-2-14-9(13)5-3-6(10)12-8-7(5)11-4-15-8/h3-4H,2H2,1H3. The molecule has 0 radical (unpaired) electrons. The number of thiazole rings is 1. The summed E-state index contributed by atoms with van der Waals surface area (Å²) in [5.41, 5.74) is 2.71. The van der Waals surface area contributed by atoms with Gasteiger partial charge in [0, 0.05) is 0 Å². The van der Waals surface area contributed by atoms with Crippen molar-refractivity contribution in [2.75, 3.05) is 6.61 Å². The summed E-state index contributed by atoms with van der Waals surface area (Å²) in [6.45, 7) is 2.12. The Kier molecular flexibility index (Phi) is 2.97. The van der Waals surface area contributed by atoms with Crippen molar-refractivity contribution >= 4 is 43.6 Å². The number of carbonyl (C=O) groups is 1. The summed E-state index contributed by atoms with van der Waals surface area (Å²) in [6, 6.07) is 1.63. The van der Waals surface area contributed by atoms with E-state index in [1.807, 2.05) is 0 Å². The number of nitrogens with zero attached hydrogens (tertiary/aromatic N) is 2. The number of hydrogen-bond donors (Lipinski definition) is 0. The Balaban J connectivity index is 2.57. The molecule has 0 saturated heterocycles. The van der Waals surface area contributed by atoms with Crippen LogP contribution in [0.4, 0.5) is 0 Å². The second-order valence-electron chi connectivity index (χ2n) is 2.72. The van der Waals surface area contributed by atoms with Crippen LogP contribution in [0.15, 0.2) is 16.2 Å². The van der Waals surface area contributed by atoms with Crippen molar-refractivity contribution in [2.24, 2.45) is 0 Å². The fourth-order valence-electron chi connectivity index (χ4n) is 1.19. The SMILES string of the molecule is CCOC(=O)c1cc(Br)nc2scnc12. The molecule has 0 atom stereocenters. The van der Waals surface area contributed by atoms with Crippen LogP contribution in [0.25, 0.3) is 10.3 Å². The van der Waals surface area contributed by atoms with E-state index in [0.717, 1.165) is 4.83 Å². The third kappa shape index (κ3) is 2.00. The highest BCUT2D eigenvalue weighted by Crippen LogP contribution is 2.23. The molecule has 6 heteroatoms. The predicted molar refractivity (Wildman–Crippen MR) is 61.1 cm³/mol. The maximum absolute atomic E-state index is 11.6. The molecule has 0 aliphatic rings. The zero-order valence-corrected chi connectivity index (χ0v) is 10.3. The molecule has 2 aromatic heterocycles. The van der Waals surface area contributed by atoms with Crippen molar-refractivity contribution in [3.8, 4) is 0 Å². The lowest BCUT2D eigenvalue weighted by molar-refractivity contribution is 0.0528. The van der Waals surface area contributed by atoms with Crippen molar-refractivity contribution in [3.63, 3.8) is 0 Å². The van der Waals surface area contributed by atoms with Crippen LogP contribution in [0.1, 0.15) is 17.3 Å². The lowest BCUT2D eigenvalue weighted by Crippen LogP contribution is -2.05. The van der Waals surface area contributed by atoms with Gasteiger partial charge in [0.25, 0.3) is 0 Å². The Morgan fingerprint density at radius 2 is 2.47 bits per heavy atom. The van der Waals surface area contributed by atoms with Crippen LogP contribution in [0, 0.1) is 0 Å². The normalized spacial score (nSPS) is 10.5. The Morgan fingerprint density at radius 1 is 1.67 bits per heavy atom. The fraction of sp³-hybridized carbons (Fsp3) is 0.222. The molecule has 0 unspecified atom stereocenters. The molecule has 0 aliphatic carbocycles. The van der Waals surface area contributed by atoms with E-state index in [9.17, 15) is 4.79 Å². The quantitative estimate of drug-likeness (QED) is 0.629. The lowest BCUT2D eigenvalue weighted by Gasteiger charge is -2.02. The predicted octanol–water partition coefficient (Wildman–Crippen LogP) is 2.63. The van der Waals surface area contributed by atoms with Gasteiger partial charge in [0.1, 0.15) is 15.0 Å². The number of pyridine rings is 1. The Bertz CT molecular complexity index is 512. The molecule has 0 saturated carbocycles. The average Bonchev–Trinajstić information content (AvgIpc) is 2.64. The molecule has 78 valence electrons. The van der Waals surface area contributed by atoms with Gasteiger partial charge in [-0.3, -0.25) is 0 Å². The minimum absolute atomic E-state index is 0.352. The van der Waals surface area contributed by atoms with Crippen molar-refractivity contribution < 1.29 is 9.53 Å². The average molecular weight is 287 g/mol. The van der Waals surface area contributed by atoms with E-state index in [1.165, 1.54) is 11.3 Å². The second kappa shape index (κ2) is 4.24. The number of rotatable bonds is 2. The van der Waals surface area contributed by atoms with Gasteiger partial charge in [-0.2, -0.15) is 0 Å². The number of carbonyl (C=O) groups excluding carboxylic acids is 1. The van der Waals surface area contributed by atoms with Crippen molar-refractivity contribution in [1.29, 1.82) is 0 Å². The summed E-state index contributed by atoms with van der Waals surface area (Å²) >= 11 is 4.64. The number of ether oxygens (including phenoxy) is 1. The number of halogens is 1. The molecule has 4 nitrogen and oxygen atoms in total. The van der Waals surface area contributed by atoms with Crippen LogP contribution in [-0.2, 0) is 4.74 Å². The largest absolute Gasteiger partial charge is 0.462 e. The van der Waals surface area contributed by atoms with Crippen LogP contribution in [0.5, 0.6) is 0 Å². The molecule has 0 fully saturated rings. The van der Waals surface area contributed by atoms with E-state index >= 15 is 0 Å². The van der Waals surface area contributed by atoms with Gasteiger partial charge in [-0.05, 0) is 28.9 Å². The summed E-state index contributed by atoms with van der Waals surface area (Å²) in [5, 5.41) is 0. The molecule has 0 aliphatic heterocycles. The zero-order valence-electron chi connectivity index (χ0n) is 7.86. The first kappa shape index (κ1) is 10.5. The highest BCUT2D eigenvalue weighted by Gasteiger charge is 2.15. The van der Waals surface area contributed by atoms with Crippen molar-refractivity contribution in [1.82, 2.24) is 9.97 Å². The molecular formula is C9H7BrN2O2S. The number of fused-ring (bicyclic) bond motifs is 1. The lowest BCUT2D eigenvalue weighted by atomic mass is 10.2. The van der Waals surface area contributed by atoms with Crippen LogP contribution in [-0.4, -0.2) is 22.5 Å². The minimum Gasteiger partial charge on any atom is -0.462 e. The van der Waals surface area contributed by atoms with Crippen LogP contribution in [0.3, 0.4) is 0 Å². The molecule has 0 bridgehead atoms. The number of hydrogen-bond acceptors (Lipinski definition) is 5. The minimum atomic E-state index is -0.364. The van der Waals surface area contributed by atoms with Crippen molar-refractivity contribution in [2.45, 2.75) is 6.92 Å². The van der Waals surface area contributed by atoms with E-state index in [-0.39, 0.29) is 5.97 Å². The molecule has 2 aromatic rings. The number of esters is 1. The summed E-state index contributed by atoms with van der Waals surface area (Å²) in [4.78, 5) is 20.6. The third-order valence-corrected chi connectivity index (χ3v) is 2.90. The maximum atomic E-state index is 11.6. The molecule has 0 amide bonds. The van der Waals surface area contributed by atoms with E-state index in [0.29, 0.717) is 22.3 Å². The van der Waals surface area contributed by atoms with Gasteiger partial charge >= 0.3 is 5.97 Å². The van der Waals surface area contributed by atoms with Gasteiger partial charge in [0.2, 0.25) is 0 Å². The van der Waals surface area contributed by atoms with E-state index in [1.54, 1.807) is 18.5 Å². The fourth-order valence-corrected chi connectivity index (χ4v) is 2.39. The number of aromatic nitrogens is 2. The van der Waals surface area contributed by atoms with Crippen LogP contribution in [0.2, 0.25) is 0 Å². The Morgan fingerprint density at radius 3 is 3.20 bits per heavy atom. The van der Waals surface area contributed by atoms with Gasteiger partial charge in [-0.25, -0.2) is 14.8 Å². The highest BCUT2D eigenvalue weighted by atomic mass is 79.9. The molecule has 0 N–H and O–H groups in total. The zero-order chi connectivity index (χ0) is 10.8. The maximum Gasteiger partial charge on any atom is 0.340 e. The molecule has 2 rings (SSSR count). The van der Waals surface area contributed by atoms with Crippen LogP contribution < -0.4 is 0 Å². The van der Waals surface area contributed by atoms with Gasteiger partial charge < -0.3 is 4.74 Å². The van der Waals surface area contributed by atoms with E-state index in [4.69, 9.17) is 4.74 Å². The Hall–Kier alpha value is -1.01. The topological polar surface area (TPSA) is 52.1 Å². The summed E-state index contributed by atoms with van der Waals surface area (Å²) in [6.07, 6.45) is 0. The molecule has 2 heterocycles. The molecule has 0 spiro atoms. The van der Waals surface area contributed by atoms with Crippen LogP contribution >= 0.6 is 27.3 Å². The smallest absolute Gasteiger partial charge is 0.340 e. The molecular weight excluding hydrogens is 280 g/mol. The Labute approximate surface area is 98.4 Å². The van der Waals surface area contributed by atoms with Gasteiger partial charge in [0.05, 0.1) is 17.7 Å². The summed E-state index contributed by atoms with van der Waals surface area (Å²) < 4.78 is 5.55. The van der Waals surface area contributed by atoms with Gasteiger partial charge in [-0.1, -0.05) is 0 Å². The third-order valence-electron chi connectivity index (χ3n) is 1.77. The van der Waals surface area contributed by atoms with E-state index < -0.39 is 0 Å². The van der Waals surface area contributed by atoms with Gasteiger partial charge in [0.15, 0.2) is 0 Å². The first-order valence-electron chi connectivity index (χ1n) is 4.29. The monoisotopic (exact) mass is 286 g/mol. The van der Waals surface area contributed by atoms with Crippen molar-refractivity contribution in [3.05, 3.63) is 21.7 Å². The summed E-state index contributed by atoms with van der Waals surface area (Å²) in [5.74, 6) is -0.364. The first-order valence-corrected chi connectivity index (χ1v) is 5.96. The van der Waals surface area contributed by atoms with E-state index in [2.05, 4.69) is 25.9 Å². The van der Waals surface area contributed by atoms with Gasteiger partial charge in [-0.15, -0.1) is 11.3 Å². The summed E-state index contributed by atoms with van der Waals surface area (Å²) in [7, 11) is 0. The molecule has 15 heavy (non-hydrogen) atoms. The first-order chi connectivity index (χ1) is 7.22. The second-order valence-corrected chi connectivity index (χ2v) is 4.36. The highest BCUT2D eigenvalue weighted by molar-refractivity contribution is 9.10.